The van der Waals surface area contributed by atoms with Crippen LogP contribution in [0.15, 0.2) is 30.5 Å². The van der Waals surface area contributed by atoms with Crippen LogP contribution in [0.3, 0.4) is 0 Å². The number of nitrogens with zero attached hydrogens (tertiary/aromatic N) is 3. The van der Waals surface area contributed by atoms with Crippen LogP contribution in [-0.2, 0) is 9.53 Å². The van der Waals surface area contributed by atoms with E-state index in [0.29, 0.717) is 24.0 Å². The van der Waals surface area contributed by atoms with E-state index in [1.807, 2.05) is 28.8 Å². The summed E-state index contributed by atoms with van der Waals surface area (Å²) in [6, 6.07) is 5.64. The van der Waals surface area contributed by atoms with Gasteiger partial charge in [0.2, 0.25) is 5.91 Å². The van der Waals surface area contributed by atoms with E-state index in [1.54, 1.807) is 25.1 Å². The fourth-order valence-corrected chi connectivity index (χ4v) is 2.21. The van der Waals surface area contributed by atoms with Crippen molar-refractivity contribution in [2.75, 3.05) is 27.3 Å². The van der Waals surface area contributed by atoms with E-state index in [9.17, 15) is 4.79 Å². The van der Waals surface area contributed by atoms with Crippen molar-refractivity contribution in [3.63, 3.8) is 0 Å². The van der Waals surface area contributed by atoms with E-state index in [2.05, 4.69) is 4.98 Å². The number of pyridine rings is 1. The maximum atomic E-state index is 12.0. The number of carbonyl (C=O) groups is 1. The average molecular weight is 308 g/mol. The summed E-state index contributed by atoms with van der Waals surface area (Å²) in [6.07, 6.45) is 5.87. The summed E-state index contributed by atoms with van der Waals surface area (Å²) >= 11 is 6.11. The van der Waals surface area contributed by atoms with E-state index in [-0.39, 0.29) is 5.91 Å². The molecule has 0 atom stereocenters. The highest BCUT2D eigenvalue weighted by atomic mass is 35.5. The molecule has 5 nitrogen and oxygen atoms in total. The molecule has 1 amide bonds. The largest absolute Gasteiger partial charge is 0.385 e. The second-order valence-electron chi connectivity index (χ2n) is 4.66. The third-order valence-corrected chi connectivity index (χ3v) is 3.40. The van der Waals surface area contributed by atoms with E-state index in [0.717, 1.165) is 12.1 Å². The summed E-state index contributed by atoms with van der Waals surface area (Å²) in [5.74, 6) is -0.0759. The molecule has 0 aromatic carbocycles. The van der Waals surface area contributed by atoms with Gasteiger partial charge < -0.3 is 9.64 Å². The molecule has 0 N–H and O–H groups in total. The van der Waals surface area contributed by atoms with Crippen molar-refractivity contribution >= 4 is 29.2 Å². The highest BCUT2D eigenvalue weighted by molar-refractivity contribution is 6.31. The number of likely N-dealkylation sites (N-methyl/N-ethyl adjacent to an activating group) is 1. The molecule has 6 heteroatoms. The molecule has 0 saturated carbocycles. The van der Waals surface area contributed by atoms with Gasteiger partial charge >= 0.3 is 0 Å². The summed E-state index contributed by atoms with van der Waals surface area (Å²) in [5, 5.41) is 0.382. The Morgan fingerprint density at radius 2 is 2.33 bits per heavy atom. The zero-order valence-electron chi connectivity index (χ0n) is 12.1. The molecule has 2 rings (SSSR count). The Kier molecular flexibility index (Phi) is 5.36. The quantitative estimate of drug-likeness (QED) is 0.608. The van der Waals surface area contributed by atoms with Gasteiger partial charge in [0.05, 0.1) is 5.69 Å². The molecule has 112 valence electrons. The van der Waals surface area contributed by atoms with Gasteiger partial charge in [0.15, 0.2) is 5.15 Å². The Labute approximate surface area is 128 Å². The van der Waals surface area contributed by atoms with Crippen LogP contribution < -0.4 is 0 Å². The molecule has 2 aromatic heterocycles. The van der Waals surface area contributed by atoms with Gasteiger partial charge in [-0.2, -0.15) is 0 Å². The lowest BCUT2D eigenvalue weighted by Crippen LogP contribution is -2.26. The number of halogens is 1. The van der Waals surface area contributed by atoms with Gasteiger partial charge in [0, 0.05) is 39.6 Å². The predicted octanol–water partition coefficient (Wildman–Crippen LogP) is 2.50. The monoisotopic (exact) mass is 307 g/mol. The number of methoxy groups -OCH3 is 1. The highest BCUT2D eigenvalue weighted by Crippen LogP contribution is 2.18. The summed E-state index contributed by atoms with van der Waals surface area (Å²) in [4.78, 5) is 17.9. The third kappa shape index (κ3) is 3.83. The van der Waals surface area contributed by atoms with Crippen LogP contribution in [0.2, 0.25) is 5.15 Å². The molecule has 0 unspecified atom stereocenters. The van der Waals surface area contributed by atoms with E-state index < -0.39 is 0 Å². The fourth-order valence-electron chi connectivity index (χ4n) is 1.97. The van der Waals surface area contributed by atoms with E-state index in [4.69, 9.17) is 16.3 Å². The van der Waals surface area contributed by atoms with E-state index >= 15 is 0 Å². The molecule has 0 fully saturated rings. The van der Waals surface area contributed by atoms with Crippen molar-refractivity contribution in [2.24, 2.45) is 0 Å². The topological polar surface area (TPSA) is 46.8 Å². The molecule has 2 heterocycles. The zero-order chi connectivity index (χ0) is 15.2. The summed E-state index contributed by atoms with van der Waals surface area (Å²) in [6.45, 7) is 1.29. The van der Waals surface area contributed by atoms with Crippen molar-refractivity contribution in [2.45, 2.75) is 6.42 Å². The van der Waals surface area contributed by atoms with Gasteiger partial charge in [-0.05, 0) is 24.6 Å². The molecule has 0 aliphatic carbocycles. The lowest BCUT2D eigenvalue weighted by Gasteiger charge is -2.14. The minimum absolute atomic E-state index is 0.0759. The van der Waals surface area contributed by atoms with Gasteiger partial charge in [-0.3, -0.25) is 9.20 Å². The molecule has 0 aliphatic rings. The molecule has 0 aliphatic heterocycles. The predicted molar refractivity (Wildman–Crippen MR) is 83.4 cm³/mol. The van der Waals surface area contributed by atoms with Gasteiger partial charge in [-0.25, -0.2) is 4.98 Å². The van der Waals surface area contributed by atoms with Crippen LogP contribution in [-0.4, -0.2) is 47.5 Å². The highest BCUT2D eigenvalue weighted by Gasteiger charge is 2.08. The first-order chi connectivity index (χ1) is 10.1. The summed E-state index contributed by atoms with van der Waals surface area (Å²) in [5.41, 5.74) is 1.45. The second-order valence-corrected chi connectivity index (χ2v) is 5.01. The first-order valence-corrected chi connectivity index (χ1v) is 7.06. The number of hydrogen-bond acceptors (Lipinski definition) is 3. The lowest BCUT2D eigenvalue weighted by molar-refractivity contribution is -0.124. The lowest BCUT2D eigenvalue weighted by atomic mass is 10.3. The number of imidazole rings is 1. The maximum absolute atomic E-state index is 12.0. The number of aromatic nitrogens is 2. The molecule has 0 radical (unpaired) electrons. The first kappa shape index (κ1) is 15.5. The minimum Gasteiger partial charge on any atom is -0.385 e. The van der Waals surface area contributed by atoms with Crippen LogP contribution in [0.4, 0.5) is 0 Å². The first-order valence-electron chi connectivity index (χ1n) is 6.68. The number of amides is 1. The molecule has 0 saturated heterocycles. The number of rotatable bonds is 6. The number of carbonyl (C=O) groups excluding carboxylic acids is 1. The molecule has 2 aromatic rings. The Morgan fingerprint density at radius 3 is 3.10 bits per heavy atom. The van der Waals surface area contributed by atoms with Crippen molar-refractivity contribution < 1.29 is 9.53 Å². The summed E-state index contributed by atoms with van der Waals surface area (Å²) < 4.78 is 6.81. The molecule has 0 spiro atoms. The Bertz CT molecular complexity index is 651. The smallest absolute Gasteiger partial charge is 0.246 e. The van der Waals surface area contributed by atoms with E-state index in [1.165, 1.54) is 6.08 Å². The van der Waals surface area contributed by atoms with Gasteiger partial charge in [0.1, 0.15) is 5.65 Å². The minimum atomic E-state index is -0.0759. The van der Waals surface area contributed by atoms with Gasteiger partial charge in [-0.1, -0.05) is 17.7 Å². The number of fused-ring (bicyclic) bond motifs is 1. The Morgan fingerprint density at radius 1 is 1.52 bits per heavy atom. The zero-order valence-corrected chi connectivity index (χ0v) is 12.9. The molecular formula is C15H18ClN3O2. The molecule has 0 bridgehead atoms. The van der Waals surface area contributed by atoms with Crippen molar-refractivity contribution in [1.29, 1.82) is 0 Å². The van der Waals surface area contributed by atoms with Crippen LogP contribution in [0.25, 0.3) is 11.7 Å². The van der Waals surface area contributed by atoms with Crippen molar-refractivity contribution in [1.82, 2.24) is 14.3 Å². The maximum Gasteiger partial charge on any atom is 0.246 e. The summed E-state index contributed by atoms with van der Waals surface area (Å²) in [7, 11) is 3.41. The average Bonchev–Trinajstić information content (AvgIpc) is 2.80. The standard InChI is InChI=1S/C15H18ClN3O2/c1-18(9-5-11-21-2)14(20)8-7-12-15(16)17-13-6-3-4-10-19(12)13/h3-4,6-8,10H,5,9,11H2,1-2H3/b8-7+. The number of ether oxygens (including phenoxy) is 1. The second kappa shape index (κ2) is 7.24. The third-order valence-electron chi connectivity index (χ3n) is 3.12. The van der Waals surface area contributed by atoms with Crippen LogP contribution >= 0.6 is 11.6 Å². The number of hydrogen-bond donors (Lipinski definition) is 0. The van der Waals surface area contributed by atoms with Crippen molar-refractivity contribution in [3.8, 4) is 0 Å². The van der Waals surface area contributed by atoms with Gasteiger partial charge in [-0.15, -0.1) is 0 Å². The van der Waals surface area contributed by atoms with Crippen LogP contribution in [0, 0.1) is 0 Å². The Balaban J connectivity index is 2.08. The van der Waals surface area contributed by atoms with Gasteiger partial charge in [0.25, 0.3) is 0 Å². The normalized spacial score (nSPS) is 11.4. The molecular weight excluding hydrogens is 290 g/mol. The van der Waals surface area contributed by atoms with Crippen molar-refractivity contribution in [3.05, 3.63) is 41.3 Å². The fraction of sp³-hybridized carbons (Fsp3) is 0.333. The SMILES string of the molecule is COCCCN(C)C(=O)/C=C/c1c(Cl)nc2ccccn12. The van der Waals surface area contributed by atoms with Crippen LogP contribution in [0.5, 0.6) is 0 Å². The van der Waals surface area contributed by atoms with Crippen LogP contribution in [0.1, 0.15) is 12.1 Å². The Hall–Kier alpha value is -1.85. The molecule has 21 heavy (non-hydrogen) atoms.